The lowest BCUT2D eigenvalue weighted by atomic mass is 9.96. The summed E-state index contributed by atoms with van der Waals surface area (Å²) in [7, 11) is 2.07. The van der Waals surface area contributed by atoms with Gasteiger partial charge in [-0.3, -0.25) is 4.79 Å². The van der Waals surface area contributed by atoms with E-state index in [1.54, 1.807) is 0 Å². The maximum atomic E-state index is 13.4. The fourth-order valence-corrected chi connectivity index (χ4v) is 4.74. The summed E-state index contributed by atoms with van der Waals surface area (Å²) in [6.07, 6.45) is 2.98. The monoisotopic (exact) mass is 401 g/mol. The number of aryl methyl sites for hydroxylation is 3. The highest BCUT2D eigenvalue weighted by Gasteiger charge is 2.31. The van der Waals surface area contributed by atoms with E-state index in [0.29, 0.717) is 12.3 Å². The lowest BCUT2D eigenvalue weighted by Crippen LogP contribution is -2.39. The summed E-state index contributed by atoms with van der Waals surface area (Å²) in [6, 6.07) is 14.4. The molecule has 154 valence electrons. The van der Waals surface area contributed by atoms with Gasteiger partial charge in [-0.05, 0) is 56.0 Å². The molecule has 0 aliphatic carbocycles. The Bertz CT molecular complexity index is 1250. The van der Waals surface area contributed by atoms with Crippen molar-refractivity contribution < 1.29 is 9.21 Å². The average Bonchev–Trinajstić information content (AvgIpc) is 3.30. The highest BCUT2D eigenvalue weighted by molar-refractivity contribution is 5.99. The molecule has 1 atom stereocenters. The Kier molecular flexibility index (Phi) is 4.61. The minimum atomic E-state index is -0.00906. The molecule has 0 saturated carbocycles. The predicted molar refractivity (Wildman–Crippen MR) is 119 cm³/mol. The van der Waals surface area contributed by atoms with Crippen molar-refractivity contribution in [2.75, 3.05) is 13.1 Å². The third-order valence-corrected chi connectivity index (χ3v) is 6.50. The summed E-state index contributed by atoms with van der Waals surface area (Å²) in [5.74, 6) is 1.76. The van der Waals surface area contributed by atoms with Crippen LogP contribution in [0.25, 0.3) is 22.0 Å². The first-order valence-corrected chi connectivity index (χ1v) is 10.8. The molecule has 5 heteroatoms. The van der Waals surface area contributed by atoms with Gasteiger partial charge >= 0.3 is 0 Å². The zero-order valence-electron chi connectivity index (χ0n) is 17.8. The van der Waals surface area contributed by atoms with Gasteiger partial charge in [0.05, 0.1) is 11.0 Å². The number of aromatic nitrogens is 2. The molecule has 1 amide bonds. The van der Waals surface area contributed by atoms with Gasteiger partial charge in [0.25, 0.3) is 5.91 Å². The Morgan fingerprint density at radius 2 is 2.07 bits per heavy atom. The number of hydrogen-bond acceptors (Lipinski definition) is 3. The Labute approximate surface area is 176 Å². The van der Waals surface area contributed by atoms with Crippen LogP contribution in [-0.4, -0.2) is 33.4 Å². The molecule has 3 heterocycles. The number of carbonyl (C=O) groups is 1. The van der Waals surface area contributed by atoms with Crippen LogP contribution >= 0.6 is 0 Å². The molecule has 0 N–H and O–H groups in total. The SMILES string of the molecule is CCc1ccc2oc(C(=O)N3CCCC(c4nc5ccccc5n4C)C3)c(C)c2c1. The predicted octanol–water partition coefficient (Wildman–Crippen LogP) is 5.21. The number of likely N-dealkylation sites (tertiary alicyclic amines) is 1. The normalized spacial score (nSPS) is 17.2. The first-order valence-electron chi connectivity index (χ1n) is 10.8. The molecule has 1 fully saturated rings. The Morgan fingerprint density at radius 1 is 1.23 bits per heavy atom. The molecule has 2 aromatic heterocycles. The van der Waals surface area contributed by atoms with E-state index in [4.69, 9.17) is 9.40 Å². The number of carbonyl (C=O) groups excluding carboxylic acids is 1. The highest BCUT2D eigenvalue weighted by Crippen LogP contribution is 2.32. The lowest BCUT2D eigenvalue weighted by Gasteiger charge is -2.32. The Morgan fingerprint density at radius 3 is 2.87 bits per heavy atom. The zero-order valence-corrected chi connectivity index (χ0v) is 17.8. The molecule has 5 rings (SSSR count). The molecule has 4 aromatic rings. The maximum Gasteiger partial charge on any atom is 0.289 e. The van der Waals surface area contributed by atoms with Crippen molar-refractivity contribution in [3.8, 4) is 0 Å². The summed E-state index contributed by atoms with van der Waals surface area (Å²) in [5, 5.41) is 1.04. The molecular weight excluding hydrogens is 374 g/mol. The first kappa shape index (κ1) is 18.9. The van der Waals surface area contributed by atoms with Gasteiger partial charge in [0.15, 0.2) is 5.76 Å². The lowest BCUT2D eigenvalue weighted by molar-refractivity contribution is 0.0673. The van der Waals surface area contributed by atoms with Crippen LogP contribution in [0.15, 0.2) is 46.9 Å². The minimum Gasteiger partial charge on any atom is -0.451 e. The number of amides is 1. The van der Waals surface area contributed by atoms with Crippen LogP contribution in [0.4, 0.5) is 0 Å². The van der Waals surface area contributed by atoms with Crippen LogP contribution in [0.1, 0.15) is 53.2 Å². The van der Waals surface area contributed by atoms with Crippen molar-refractivity contribution >= 4 is 27.9 Å². The summed E-state index contributed by atoms with van der Waals surface area (Å²) >= 11 is 0. The van der Waals surface area contributed by atoms with E-state index < -0.39 is 0 Å². The number of furan rings is 1. The first-order chi connectivity index (χ1) is 14.6. The third-order valence-electron chi connectivity index (χ3n) is 6.50. The standard InChI is InChI=1S/C25H27N3O2/c1-4-17-11-12-22-19(14-17)16(2)23(30-22)25(29)28-13-7-8-18(15-28)24-26-20-9-5-6-10-21(20)27(24)3/h5-6,9-12,14,18H,4,7-8,13,15H2,1-3H3. The summed E-state index contributed by atoms with van der Waals surface area (Å²) in [5.41, 5.74) is 5.13. The van der Waals surface area contributed by atoms with Gasteiger partial charge in [-0.2, -0.15) is 0 Å². The second-order valence-corrected chi connectivity index (χ2v) is 8.35. The van der Waals surface area contributed by atoms with E-state index in [0.717, 1.165) is 59.2 Å². The largest absolute Gasteiger partial charge is 0.451 e. The van der Waals surface area contributed by atoms with Crippen molar-refractivity contribution in [3.63, 3.8) is 0 Å². The number of para-hydroxylation sites is 2. The quantitative estimate of drug-likeness (QED) is 0.473. The topological polar surface area (TPSA) is 51.3 Å². The molecule has 1 unspecified atom stereocenters. The van der Waals surface area contributed by atoms with Gasteiger partial charge in [0.1, 0.15) is 11.4 Å². The van der Waals surface area contributed by atoms with E-state index in [1.807, 2.05) is 36.1 Å². The van der Waals surface area contributed by atoms with Crippen molar-refractivity contribution in [1.29, 1.82) is 0 Å². The van der Waals surface area contributed by atoms with E-state index in [1.165, 1.54) is 5.56 Å². The average molecular weight is 402 g/mol. The van der Waals surface area contributed by atoms with Crippen LogP contribution in [0.5, 0.6) is 0 Å². The molecule has 0 spiro atoms. The van der Waals surface area contributed by atoms with E-state index in [2.05, 4.69) is 36.7 Å². The fraction of sp³-hybridized carbons (Fsp3) is 0.360. The molecule has 30 heavy (non-hydrogen) atoms. The number of fused-ring (bicyclic) bond motifs is 2. The second-order valence-electron chi connectivity index (χ2n) is 8.35. The number of benzene rings is 2. The van der Waals surface area contributed by atoms with Crippen LogP contribution in [0.3, 0.4) is 0 Å². The van der Waals surface area contributed by atoms with Crippen molar-refractivity contribution in [3.05, 3.63) is 65.2 Å². The number of rotatable bonds is 3. The van der Waals surface area contributed by atoms with Gasteiger partial charge in [-0.25, -0.2) is 4.98 Å². The van der Waals surface area contributed by atoms with Gasteiger partial charge in [0.2, 0.25) is 0 Å². The van der Waals surface area contributed by atoms with Gasteiger partial charge in [-0.1, -0.05) is 25.1 Å². The molecule has 0 radical (unpaired) electrons. The molecule has 1 saturated heterocycles. The molecule has 2 aromatic carbocycles. The maximum absolute atomic E-state index is 13.4. The minimum absolute atomic E-state index is 0.00906. The van der Waals surface area contributed by atoms with E-state index in [-0.39, 0.29) is 11.8 Å². The molecule has 0 bridgehead atoms. The summed E-state index contributed by atoms with van der Waals surface area (Å²) in [6.45, 7) is 5.56. The van der Waals surface area contributed by atoms with Crippen molar-refractivity contribution in [2.24, 2.45) is 7.05 Å². The summed E-state index contributed by atoms with van der Waals surface area (Å²) < 4.78 is 8.19. The Balaban J connectivity index is 1.44. The second kappa shape index (κ2) is 7.31. The number of imidazole rings is 1. The van der Waals surface area contributed by atoms with Crippen LogP contribution in [0.2, 0.25) is 0 Å². The van der Waals surface area contributed by atoms with Crippen LogP contribution in [-0.2, 0) is 13.5 Å². The molecule has 5 nitrogen and oxygen atoms in total. The van der Waals surface area contributed by atoms with Gasteiger partial charge < -0.3 is 13.9 Å². The van der Waals surface area contributed by atoms with E-state index >= 15 is 0 Å². The van der Waals surface area contributed by atoms with E-state index in [9.17, 15) is 4.79 Å². The third kappa shape index (κ3) is 3.00. The fourth-order valence-electron chi connectivity index (χ4n) is 4.74. The van der Waals surface area contributed by atoms with Crippen LogP contribution in [0, 0.1) is 6.92 Å². The molecular formula is C25H27N3O2. The highest BCUT2D eigenvalue weighted by atomic mass is 16.3. The van der Waals surface area contributed by atoms with Crippen molar-refractivity contribution in [1.82, 2.24) is 14.5 Å². The number of hydrogen-bond donors (Lipinski definition) is 0. The smallest absolute Gasteiger partial charge is 0.289 e. The number of piperidine rings is 1. The summed E-state index contributed by atoms with van der Waals surface area (Å²) in [4.78, 5) is 20.2. The molecule has 1 aliphatic heterocycles. The van der Waals surface area contributed by atoms with Gasteiger partial charge in [0, 0.05) is 37.0 Å². The Hall–Kier alpha value is -3.08. The van der Waals surface area contributed by atoms with Crippen LogP contribution < -0.4 is 0 Å². The number of nitrogens with zero attached hydrogens (tertiary/aromatic N) is 3. The molecule has 1 aliphatic rings. The van der Waals surface area contributed by atoms with Crippen molar-refractivity contribution in [2.45, 2.75) is 39.0 Å². The van der Waals surface area contributed by atoms with Gasteiger partial charge in [-0.15, -0.1) is 0 Å². The zero-order chi connectivity index (χ0) is 20.8.